The molecule has 3 aromatic rings. The van der Waals surface area contributed by atoms with Crippen LogP contribution in [0.2, 0.25) is 0 Å². The normalized spacial score (nSPS) is 11.0. The van der Waals surface area contributed by atoms with Crippen molar-refractivity contribution in [3.05, 3.63) is 58.7 Å². The summed E-state index contributed by atoms with van der Waals surface area (Å²) in [6, 6.07) is 8.40. The largest absolute Gasteiger partial charge is 0.352 e. The summed E-state index contributed by atoms with van der Waals surface area (Å²) in [6.45, 7) is 4.05. The Hall–Kier alpha value is -2.76. The van der Waals surface area contributed by atoms with E-state index in [9.17, 15) is 9.18 Å². The Morgan fingerprint density at radius 3 is 2.75 bits per heavy atom. The van der Waals surface area contributed by atoms with Crippen LogP contribution in [0.15, 0.2) is 30.3 Å². The van der Waals surface area contributed by atoms with Gasteiger partial charge in [0.15, 0.2) is 5.65 Å². The highest BCUT2D eigenvalue weighted by atomic mass is 19.1. The van der Waals surface area contributed by atoms with Crippen LogP contribution in [0, 0.1) is 19.7 Å². The van der Waals surface area contributed by atoms with E-state index in [1.54, 1.807) is 29.8 Å². The van der Waals surface area contributed by atoms with Crippen LogP contribution in [0.25, 0.3) is 11.0 Å². The molecule has 0 spiro atoms. The molecule has 5 nitrogen and oxygen atoms in total. The first kappa shape index (κ1) is 16.1. The van der Waals surface area contributed by atoms with Crippen molar-refractivity contribution >= 4 is 16.9 Å². The number of pyridine rings is 1. The van der Waals surface area contributed by atoms with Gasteiger partial charge in [0.1, 0.15) is 5.82 Å². The zero-order valence-electron chi connectivity index (χ0n) is 13.9. The third-order valence-corrected chi connectivity index (χ3v) is 4.07. The molecule has 2 heterocycles. The lowest BCUT2D eigenvalue weighted by Crippen LogP contribution is -2.26. The second-order valence-corrected chi connectivity index (χ2v) is 5.80. The van der Waals surface area contributed by atoms with Gasteiger partial charge in [-0.05, 0) is 38.0 Å². The molecule has 0 aliphatic carbocycles. The molecule has 1 N–H and O–H groups in total. The molecule has 0 atom stereocenters. The highest BCUT2D eigenvalue weighted by Crippen LogP contribution is 2.19. The maximum atomic E-state index is 13.6. The van der Waals surface area contributed by atoms with Crippen molar-refractivity contribution in [3.63, 3.8) is 0 Å². The minimum Gasteiger partial charge on any atom is -0.352 e. The molecule has 0 saturated heterocycles. The fourth-order valence-electron chi connectivity index (χ4n) is 2.77. The molecule has 6 heteroatoms. The molecule has 3 rings (SSSR count). The number of fused-ring (bicyclic) bond motifs is 1. The van der Waals surface area contributed by atoms with Gasteiger partial charge in [-0.25, -0.2) is 9.37 Å². The third-order valence-electron chi connectivity index (χ3n) is 4.07. The van der Waals surface area contributed by atoms with Crippen molar-refractivity contribution in [2.24, 2.45) is 7.05 Å². The summed E-state index contributed by atoms with van der Waals surface area (Å²) in [4.78, 5) is 16.9. The summed E-state index contributed by atoms with van der Waals surface area (Å²) < 4.78 is 15.3. The van der Waals surface area contributed by atoms with Gasteiger partial charge in [-0.1, -0.05) is 18.2 Å². The Labute approximate surface area is 139 Å². The number of halogens is 1. The number of nitrogens with one attached hydrogen (secondary N) is 1. The lowest BCUT2D eigenvalue weighted by Gasteiger charge is -2.08. The third kappa shape index (κ3) is 2.99. The number of hydrogen-bond acceptors (Lipinski definition) is 3. The number of carbonyl (C=O) groups is 1. The second kappa shape index (κ2) is 6.39. The molecule has 24 heavy (non-hydrogen) atoms. The van der Waals surface area contributed by atoms with Crippen molar-refractivity contribution in [1.82, 2.24) is 20.1 Å². The molecule has 0 bridgehead atoms. The first-order chi connectivity index (χ1) is 11.5. The van der Waals surface area contributed by atoms with Gasteiger partial charge < -0.3 is 5.32 Å². The molecule has 0 unspecified atom stereocenters. The summed E-state index contributed by atoms with van der Waals surface area (Å²) in [5.41, 5.74) is 3.35. The van der Waals surface area contributed by atoms with Crippen LogP contribution in [0.4, 0.5) is 4.39 Å². The van der Waals surface area contributed by atoms with Gasteiger partial charge in [0.05, 0.1) is 17.0 Å². The SMILES string of the molecule is Cc1nc2c(cc1C(=O)NCCc1ccccc1F)c(C)nn2C. The zero-order valence-corrected chi connectivity index (χ0v) is 13.9. The highest BCUT2D eigenvalue weighted by molar-refractivity contribution is 5.98. The maximum absolute atomic E-state index is 13.6. The van der Waals surface area contributed by atoms with Gasteiger partial charge in [0, 0.05) is 19.0 Å². The first-order valence-electron chi connectivity index (χ1n) is 7.80. The van der Waals surface area contributed by atoms with E-state index in [0.717, 1.165) is 16.7 Å². The minimum absolute atomic E-state index is 0.207. The number of hydrogen-bond donors (Lipinski definition) is 1. The Morgan fingerprint density at radius 1 is 1.25 bits per heavy atom. The van der Waals surface area contributed by atoms with Crippen molar-refractivity contribution in [2.75, 3.05) is 6.54 Å². The molecule has 2 aromatic heterocycles. The lowest BCUT2D eigenvalue weighted by atomic mass is 10.1. The molecule has 0 aliphatic rings. The van der Waals surface area contributed by atoms with Crippen LogP contribution in [-0.4, -0.2) is 27.2 Å². The number of amides is 1. The van der Waals surface area contributed by atoms with E-state index in [2.05, 4.69) is 15.4 Å². The number of rotatable bonds is 4. The molecular formula is C18H19FN4O. The predicted octanol–water partition coefficient (Wildman–Crippen LogP) is 2.70. The van der Waals surface area contributed by atoms with Crippen molar-refractivity contribution < 1.29 is 9.18 Å². The highest BCUT2D eigenvalue weighted by Gasteiger charge is 2.15. The Balaban J connectivity index is 1.75. The van der Waals surface area contributed by atoms with Crippen LogP contribution in [0.5, 0.6) is 0 Å². The van der Waals surface area contributed by atoms with Gasteiger partial charge in [-0.15, -0.1) is 0 Å². The first-order valence-corrected chi connectivity index (χ1v) is 7.80. The molecule has 0 radical (unpaired) electrons. The number of aromatic nitrogens is 3. The molecule has 0 saturated carbocycles. The number of nitrogens with zero attached hydrogens (tertiary/aromatic N) is 3. The van der Waals surface area contributed by atoms with E-state index < -0.39 is 0 Å². The monoisotopic (exact) mass is 326 g/mol. The van der Waals surface area contributed by atoms with Crippen LogP contribution >= 0.6 is 0 Å². The fraction of sp³-hybridized carbons (Fsp3) is 0.278. The molecular weight excluding hydrogens is 307 g/mol. The van der Waals surface area contributed by atoms with Crippen molar-refractivity contribution in [3.8, 4) is 0 Å². The number of carbonyl (C=O) groups excluding carboxylic acids is 1. The van der Waals surface area contributed by atoms with E-state index >= 15 is 0 Å². The van der Waals surface area contributed by atoms with Gasteiger partial charge >= 0.3 is 0 Å². The van der Waals surface area contributed by atoms with E-state index in [1.165, 1.54) is 6.07 Å². The maximum Gasteiger partial charge on any atom is 0.253 e. The molecule has 0 aliphatic heterocycles. The molecule has 0 fully saturated rings. The van der Waals surface area contributed by atoms with E-state index in [-0.39, 0.29) is 11.7 Å². The zero-order chi connectivity index (χ0) is 17.3. The summed E-state index contributed by atoms with van der Waals surface area (Å²) in [5.74, 6) is -0.460. The van der Waals surface area contributed by atoms with Crippen molar-refractivity contribution in [2.45, 2.75) is 20.3 Å². The standard InChI is InChI=1S/C18H19FN4O/c1-11-15(10-14-12(2)22-23(3)17(14)21-11)18(24)20-9-8-13-6-4-5-7-16(13)19/h4-7,10H,8-9H2,1-3H3,(H,20,24). The van der Waals surface area contributed by atoms with E-state index in [0.29, 0.717) is 29.8 Å². The van der Waals surface area contributed by atoms with Gasteiger partial charge in [0.25, 0.3) is 5.91 Å². The Bertz CT molecular complexity index is 917. The van der Waals surface area contributed by atoms with Crippen molar-refractivity contribution in [1.29, 1.82) is 0 Å². The second-order valence-electron chi connectivity index (χ2n) is 5.80. The van der Waals surface area contributed by atoms with Crippen LogP contribution in [0.1, 0.15) is 27.3 Å². The smallest absolute Gasteiger partial charge is 0.253 e. The fourth-order valence-corrected chi connectivity index (χ4v) is 2.77. The van der Waals surface area contributed by atoms with Gasteiger partial charge in [-0.2, -0.15) is 5.10 Å². The van der Waals surface area contributed by atoms with E-state index in [1.807, 2.05) is 20.0 Å². The van der Waals surface area contributed by atoms with E-state index in [4.69, 9.17) is 0 Å². The quantitative estimate of drug-likeness (QED) is 0.802. The predicted molar refractivity (Wildman–Crippen MR) is 90.4 cm³/mol. The minimum atomic E-state index is -0.253. The molecule has 1 aromatic carbocycles. The molecule has 1 amide bonds. The van der Waals surface area contributed by atoms with Gasteiger partial charge in [0.2, 0.25) is 0 Å². The Kier molecular flexibility index (Phi) is 4.29. The average Bonchev–Trinajstić information content (AvgIpc) is 2.82. The van der Waals surface area contributed by atoms with Crippen LogP contribution in [-0.2, 0) is 13.5 Å². The van der Waals surface area contributed by atoms with Crippen LogP contribution < -0.4 is 5.32 Å². The number of aryl methyl sites for hydroxylation is 3. The summed E-state index contributed by atoms with van der Waals surface area (Å²) in [7, 11) is 1.83. The molecule has 124 valence electrons. The summed E-state index contributed by atoms with van der Waals surface area (Å²) in [6.07, 6.45) is 0.444. The average molecular weight is 326 g/mol. The summed E-state index contributed by atoms with van der Waals surface area (Å²) in [5, 5.41) is 8.02. The van der Waals surface area contributed by atoms with Gasteiger partial charge in [-0.3, -0.25) is 9.48 Å². The Morgan fingerprint density at radius 2 is 2.00 bits per heavy atom. The number of benzene rings is 1. The lowest BCUT2D eigenvalue weighted by molar-refractivity contribution is 0.0953. The summed E-state index contributed by atoms with van der Waals surface area (Å²) >= 11 is 0. The topological polar surface area (TPSA) is 59.8 Å². The van der Waals surface area contributed by atoms with Crippen LogP contribution in [0.3, 0.4) is 0 Å².